The van der Waals surface area contributed by atoms with Crippen LogP contribution in [-0.4, -0.2) is 4.57 Å². The molecule has 0 saturated carbocycles. The monoisotopic (exact) mass is 575 g/mol. The fourth-order valence-electron chi connectivity index (χ4n) is 7.15. The maximum absolute atomic E-state index is 6.72. The van der Waals surface area contributed by atoms with Gasteiger partial charge in [-0.3, -0.25) is 0 Å². The highest BCUT2D eigenvalue weighted by Crippen LogP contribution is 2.46. The fraction of sp³-hybridized carbons (Fsp3) is 0. The van der Waals surface area contributed by atoms with E-state index in [0.717, 1.165) is 66.2 Å². The largest absolute Gasteiger partial charge is 0.456 e. The van der Waals surface area contributed by atoms with Crippen molar-refractivity contribution in [1.29, 1.82) is 0 Å². The average molecular weight is 576 g/mol. The van der Waals surface area contributed by atoms with Crippen LogP contribution in [0, 0.1) is 0 Å². The molecule has 0 atom stereocenters. The summed E-state index contributed by atoms with van der Waals surface area (Å²) in [5.41, 5.74) is 11.6. The maximum atomic E-state index is 6.72. The topological polar surface area (TPSA) is 31.2 Å². The van der Waals surface area contributed by atoms with Gasteiger partial charge in [-0.1, -0.05) is 103 Å². The van der Waals surface area contributed by atoms with Crippen LogP contribution in [0.1, 0.15) is 0 Å². The van der Waals surface area contributed by atoms with Crippen LogP contribution in [0.3, 0.4) is 0 Å². The molecule has 0 unspecified atom stereocenters. The van der Waals surface area contributed by atoms with Gasteiger partial charge in [0.2, 0.25) is 0 Å². The Labute approximate surface area is 258 Å². The number of furan rings is 2. The van der Waals surface area contributed by atoms with E-state index in [-0.39, 0.29) is 0 Å². The minimum atomic E-state index is 0.887. The minimum absolute atomic E-state index is 0.887. The summed E-state index contributed by atoms with van der Waals surface area (Å²) in [5.74, 6) is 0. The third-order valence-electron chi connectivity index (χ3n) is 9.20. The molecule has 3 heteroatoms. The Bertz CT molecular complexity index is 2740. The van der Waals surface area contributed by atoms with Crippen molar-refractivity contribution in [3.05, 3.63) is 152 Å². The predicted molar refractivity (Wildman–Crippen MR) is 186 cm³/mol. The van der Waals surface area contributed by atoms with Crippen LogP contribution in [0.5, 0.6) is 0 Å². The third kappa shape index (κ3) is 3.52. The van der Waals surface area contributed by atoms with Crippen LogP contribution in [-0.2, 0) is 0 Å². The number of aromatic nitrogens is 1. The Kier molecular flexibility index (Phi) is 5.00. The third-order valence-corrected chi connectivity index (χ3v) is 9.20. The average Bonchev–Trinajstić information content (AvgIpc) is 3.78. The number of para-hydroxylation sites is 3. The summed E-state index contributed by atoms with van der Waals surface area (Å²) >= 11 is 0. The fourth-order valence-corrected chi connectivity index (χ4v) is 7.15. The van der Waals surface area contributed by atoms with Gasteiger partial charge >= 0.3 is 0 Å². The van der Waals surface area contributed by atoms with Crippen LogP contribution in [0.4, 0.5) is 0 Å². The van der Waals surface area contributed by atoms with E-state index >= 15 is 0 Å². The van der Waals surface area contributed by atoms with E-state index in [0.29, 0.717) is 0 Å². The van der Waals surface area contributed by atoms with E-state index in [1.807, 2.05) is 18.2 Å². The highest BCUT2D eigenvalue weighted by atomic mass is 16.3. The second-order valence-corrected chi connectivity index (χ2v) is 11.7. The SMILES string of the molecule is c1ccc(-c2ccc(-n3c4ccccc4c4c(-c5ccc6oc7ccccc7c6c5)cc5c6ccccc6oc5c43)cc2)cc1. The van der Waals surface area contributed by atoms with Crippen molar-refractivity contribution in [2.24, 2.45) is 0 Å². The molecule has 0 saturated heterocycles. The van der Waals surface area contributed by atoms with Gasteiger partial charge in [0.05, 0.1) is 11.0 Å². The van der Waals surface area contributed by atoms with E-state index in [9.17, 15) is 0 Å². The first kappa shape index (κ1) is 24.4. The van der Waals surface area contributed by atoms with Gasteiger partial charge in [-0.15, -0.1) is 0 Å². The van der Waals surface area contributed by atoms with E-state index in [2.05, 4.69) is 138 Å². The van der Waals surface area contributed by atoms with Crippen molar-refractivity contribution in [2.45, 2.75) is 0 Å². The van der Waals surface area contributed by atoms with Gasteiger partial charge in [0.25, 0.3) is 0 Å². The summed E-state index contributed by atoms with van der Waals surface area (Å²) in [5, 5.41) is 6.83. The number of fused-ring (bicyclic) bond motifs is 10. The van der Waals surface area contributed by atoms with Crippen molar-refractivity contribution in [2.75, 3.05) is 0 Å². The normalized spacial score (nSPS) is 12.0. The molecule has 0 spiro atoms. The molecule has 0 bridgehead atoms. The molecule has 3 nitrogen and oxygen atoms in total. The minimum Gasteiger partial charge on any atom is -0.456 e. The molecular formula is C42H25NO2. The van der Waals surface area contributed by atoms with Gasteiger partial charge in [-0.2, -0.15) is 0 Å². The Hall–Kier alpha value is -6.06. The second kappa shape index (κ2) is 9.22. The molecule has 0 aliphatic heterocycles. The Morgan fingerprint density at radius 1 is 0.400 bits per heavy atom. The second-order valence-electron chi connectivity index (χ2n) is 11.7. The van der Waals surface area contributed by atoms with Crippen LogP contribution >= 0.6 is 0 Å². The van der Waals surface area contributed by atoms with Gasteiger partial charge in [-0.05, 0) is 70.8 Å². The van der Waals surface area contributed by atoms with Crippen LogP contribution in [0.25, 0.3) is 93.6 Å². The first-order valence-corrected chi connectivity index (χ1v) is 15.3. The lowest BCUT2D eigenvalue weighted by Crippen LogP contribution is -1.94. The lowest BCUT2D eigenvalue weighted by atomic mass is 9.95. The van der Waals surface area contributed by atoms with Crippen LogP contribution in [0.2, 0.25) is 0 Å². The summed E-state index contributed by atoms with van der Waals surface area (Å²) in [4.78, 5) is 0. The standard InChI is InChI=1S/C42H25NO2/c1-2-10-26(11-3-1)27-18-21-29(22-19-27)43-36-15-7-4-14-32(36)40-33(25-35-31-13-6-9-17-38(31)45-42(35)41(40)43)28-20-23-39-34(24-28)30-12-5-8-16-37(30)44-39/h1-25H. The number of hydrogen-bond donors (Lipinski definition) is 0. The molecule has 7 aromatic carbocycles. The predicted octanol–water partition coefficient (Wildman–Crippen LogP) is 11.9. The molecule has 0 N–H and O–H groups in total. The Morgan fingerprint density at radius 2 is 1.00 bits per heavy atom. The molecule has 0 amide bonds. The lowest BCUT2D eigenvalue weighted by molar-refractivity contribution is 0.669. The molecule has 10 aromatic rings. The quantitative estimate of drug-likeness (QED) is 0.210. The summed E-state index contributed by atoms with van der Waals surface area (Å²) in [7, 11) is 0. The summed E-state index contributed by atoms with van der Waals surface area (Å²) in [6.07, 6.45) is 0. The zero-order valence-corrected chi connectivity index (χ0v) is 24.2. The molecule has 0 radical (unpaired) electrons. The number of hydrogen-bond acceptors (Lipinski definition) is 2. The first-order chi connectivity index (χ1) is 22.3. The van der Waals surface area contributed by atoms with Crippen molar-refractivity contribution in [3.8, 4) is 27.9 Å². The van der Waals surface area contributed by atoms with Gasteiger partial charge in [0.1, 0.15) is 16.7 Å². The summed E-state index contributed by atoms with van der Waals surface area (Å²) in [6, 6.07) is 53.6. The number of rotatable bonds is 3. The Balaban J connectivity index is 1.33. The van der Waals surface area contributed by atoms with Crippen molar-refractivity contribution < 1.29 is 8.83 Å². The zero-order valence-electron chi connectivity index (χ0n) is 24.2. The number of benzene rings is 7. The van der Waals surface area contributed by atoms with Gasteiger partial charge in [0, 0.05) is 38.0 Å². The maximum Gasteiger partial charge on any atom is 0.160 e. The van der Waals surface area contributed by atoms with Crippen LogP contribution < -0.4 is 0 Å². The smallest absolute Gasteiger partial charge is 0.160 e. The molecule has 0 aliphatic carbocycles. The van der Waals surface area contributed by atoms with Crippen molar-refractivity contribution in [1.82, 2.24) is 4.57 Å². The number of nitrogens with zero attached hydrogens (tertiary/aromatic N) is 1. The highest BCUT2D eigenvalue weighted by Gasteiger charge is 2.23. The zero-order chi connectivity index (χ0) is 29.5. The molecular weight excluding hydrogens is 550 g/mol. The molecule has 0 fully saturated rings. The summed E-state index contributed by atoms with van der Waals surface area (Å²) in [6.45, 7) is 0. The highest BCUT2D eigenvalue weighted by molar-refractivity contribution is 6.26. The van der Waals surface area contributed by atoms with E-state index in [1.54, 1.807) is 0 Å². The van der Waals surface area contributed by atoms with Gasteiger partial charge in [-0.25, -0.2) is 0 Å². The molecule has 0 aliphatic rings. The lowest BCUT2D eigenvalue weighted by Gasteiger charge is -2.11. The summed E-state index contributed by atoms with van der Waals surface area (Å²) < 4.78 is 15.3. The molecule has 45 heavy (non-hydrogen) atoms. The Morgan fingerprint density at radius 3 is 1.80 bits per heavy atom. The van der Waals surface area contributed by atoms with Crippen molar-refractivity contribution >= 4 is 65.7 Å². The van der Waals surface area contributed by atoms with Gasteiger partial charge < -0.3 is 13.4 Å². The van der Waals surface area contributed by atoms with Crippen molar-refractivity contribution in [3.63, 3.8) is 0 Å². The molecule has 3 aromatic heterocycles. The molecule has 10 rings (SSSR count). The van der Waals surface area contributed by atoms with E-state index in [4.69, 9.17) is 8.83 Å². The first-order valence-electron chi connectivity index (χ1n) is 15.3. The molecule has 210 valence electrons. The van der Waals surface area contributed by atoms with Crippen LogP contribution in [0.15, 0.2) is 160 Å². The van der Waals surface area contributed by atoms with E-state index < -0.39 is 0 Å². The van der Waals surface area contributed by atoms with Gasteiger partial charge in [0.15, 0.2) is 5.58 Å². The molecule has 3 heterocycles. The van der Waals surface area contributed by atoms with E-state index in [1.165, 1.54) is 27.5 Å².